The van der Waals surface area contributed by atoms with Gasteiger partial charge >= 0.3 is 5.97 Å². The molecule has 1 heterocycles. The highest BCUT2D eigenvalue weighted by Gasteiger charge is 2.21. The standard InChI is InChI=1S/C17H20ClN3O2.ClH/c1-4-19-16-14(17(22)23)13(9-10(2)3)20-15(21-16)11-5-7-12(18)8-6-11;/h5-8,10H,4,9H2,1-3H3,(H,22,23)(H,19,20,21);1H. The minimum absolute atomic E-state index is 0. The zero-order chi connectivity index (χ0) is 17.0. The van der Waals surface area contributed by atoms with Crippen molar-refractivity contribution in [3.63, 3.8) is 0 Å². The van der Waals surface area contributed by atoms with Gasteiger partial charge < -0.3 is 10.4 Å². The molecule has 0 aliphatic heterocycles. The Morgan fingerprint density at radius 3 is 2.38 bits per heavy atom. The van der Waals surface area contributed by atoms with Crippen molar-refractivity contribution in [2.45, 2.75) is 27.2 Å². The van der Waals surface area contributed by atoms with Crippen LogP contribution in [0.1, 0.15) is 36.8 Å². The van der Waals surface area contributed by atoms with E-state index in [1.807, 2.05) is 32.9 Å². The number of aromatic carboxylic acids is 1. The molecular formula is C17H21Cl2N3O2. The minimum atomic E-state index is -1.01. The van der Waals surface area contributed by atoms with Crippen molar-refractivity contribution < 1.29 is 9.90 Å². The predicted octanol–water partition coefficient (Wildman–Crippen LogP) is 4.55. The molecule has 24 heavy (non-hydrogen) atoms. The predicted molar refractivity (Wildman–Crippen MR) is 99.4 cm³/mol. The number of carboxylic acids is 1. The lowest BCUT2D eigenvalue weighted by atomic mass is 10.0. The molecule has 2 rings (SSSR count). The maximum Gasteiger partial charge on any atom is 0.341 e. The van der Waals surface area contributed by atoms with E-state index < -0.39 is 5.97 Å². The number of carboxylic acid groups (broad SMARTS) is 1. The number of benzene rings is 1. The van der Waals surface area contributed by atoms with Crippen molar-refractivity contribution in [3.8, 4) is 11.4 Å². The third-order valence-electron chi connectivity index (χ3n) is 3.25. The Morgan fingerprint density at radius 1 is 1.25 bits per heavy atom. The summed E-state index contributed by atoms with van der Waals surface area (Å²) in [6, 6.07) is 7.18. The molecule has 2 N–H and O–H groups in total. The summed E-state index contributed by atoms with van der Waals surface area (Å²) in [7, 11) is 0. The number of aromatic nitrogens is 2. The second-order valence-corrected chi connectivity index (χ2v) is 6.09. The highest BCUT2D eigenvalue weighted by atomic mass is 35.5. The van der Waals surface area contributed by atoms with Gasteiger partial charge in [-0.05, 0) is 43.5 Å². The fourth-order valence-electron chi connectivity index (χ4n) is 2.29. The summed E-state index contributed by atoms with van der Waals surface area (Å²) < 4.78 is 0. The molecule has 5 nitrogen and oxygen atoms in total. The van der Waals surface area contributed by atoms with E-state index in [1.165, 1.54) is 0 Å². The largest absolute Gasteiger partial charge is 0.477 e. The second kappa shape index (κ2) is 8.85. The molecule has 0 bridgehead atoms. The van der Waals surface area contributed by atoms with Crippen LogP contribution in [0, 0.1) is 5.92 Å². The van der Waals surface area contributed by atoms with E-state index in [0.29, 0.717) is 35.3 Å². The Bertz CT molecular complexity index is 704. The van der Waals surface area contributed by atoms with Gasteiger partial charge in [0.15, 0.2) is 5.82 Å². The topological polar surface area (TPSA) is 75.1 Å². The van der Waals surface area contributed by atoms with Gasteiger partial charge in [-0.15, -0.1) is 12.4 Å². The molecule has 1 aromatic carbocycles. The average Bonchev–Trinajstić information content (AvgIpc) is 2.47. The number of anilines is 1. The molecule has 130 valence electrons. The Hall–Kier alpha value is -1.85. The van der Waals surface area contributed by atoms with Crippen LogP contribution in [0.5, 0.6) is 0 Å². The smallest absolute Gasteiger partial charge is 0.341 e. The van der Waals surface area contributed by atoms with E-state index in [2.05, 4.69) is 15.3 Å². The second-order valence-electron chi connectivity index (χ2n) is 5.66. The lowest BCUT2D eigenvalue weighted by Crippen LogP contribution is -2.15. The van der Waals surface area contributed by atoms with Crippen molar-refractivity contribution in [3.05, 3.63) is 40.5 Å². The van der Waals surface area contributed by atoms with Crippen LogP contribution in [0.4, 0.5) is 5.82 Å². The number of nitrogens with one attached hydrogen (secondary N) is 1. The van der Waals surface area contributed by atoms with Crippen LogP contribution < -0.4 is 5.32 Å². The van der Waals surface area contributed by atoms with Gasteiger partial charge in [-0.2, -0.15) is 0 Å². The molecule has 0 aliphatic rings. The SMILES string of the molecule is CCNc1nc(-c2ccc(Cl)cc2)nc(CC(C)C)c1C(=O)O.Cl. The Morgan fingerprint density at radius 2 is 1.88 bits per heavy atom. The minimum Gasteiger partial charge on any atom is -0.477 e. The first-order valence-electron chi connectivity index (χ1n) is 7.56. The molecular weight excluding hydrogens is 349 g/mol. The molecule has 0 unspecified atom stereocenters. The lowest BCUT2D eigenvalue weighted by Gasteiger charge is -2.14. The first kappa shape index (κ1) is 20.2. The highest BCUT2D eigenvalue weighted by Crippen LogP contribution is 2.25. The summed E-state index contributed by atoms with van der Waals surface area (Å²) in [5, 5.41) is 13.2. The van der Waals surface area contributed by atoms with Crippen LogP contribution in [0.3, 0.4) is 0 Å². The summed E-state index contributed by atoms with van der Waals surface area (Å²) in [5.74, 6) is 0.128. The van der Waals surface area contributed by atoms with Gasteiger partial charge in [0.1, 0.15) is 11.4 Å². The summed E-state index contributed by atoms with van der Waals surface area (Å²) in [5.41, 5.74) is 1.50. The van der Waals surface area contributed by atoms with E-state index in [4.69, 9.17) is 11.6 Å². The zero-order valence-corrected chi connectivity index (χ0v) is 15.4. The van der Waals surface area contributed by atoms with Crippen LogP contribution in [0.25, 0.3) is 11.4 Å². The van der Waals surface area contributed by atoms with Gasteiger partial charge in [-0.1, -0.05) is 25.4 Å². The van der Waals surface area contributed by atoms with Gasteiger partial charge in [0.25, 0.3) is 0 Å². The van der Waals surface area contributed by atoms with Crippen molar-refractivity contribution in [1.82, 2.24) is 9.97 Å². The van der Waals surface area contributed by atoms with E-state index in [-0.39, 0.29) is 23.9 Å². The van der Waals surface area contributed by atoms with Crippen molar-refractivity contribution in [2.75, 3.05) is 11.9 Å². The van der Waals surface area contributed by atoms with Gasteiger partial charge in [0.2, 0.25) is 0 Å². The lowest BCUT2D eigenvalue weighted by molar-refractivity contribution is 0.0695. The first-order chi connectivity index (χ1) is 10.9. The quantitative estimate of drug-likeness (QED) is 0.780. The van der Waals surface area contributed by atoms with Crippen LogP contribution >= 0.6 is 24.0 Å². The maximum atomic E-state index is 11.7. The molecule has 7 heteroatoms. The first-order valence-corrected chi connectivity index (χ1v) is 7.94. The monoisotopic (exact) mass is 369 g/mol. The van der Waals surface area contributed by atoms with Crippen molar-refractivity contribution in [2.24, 2.45) is 5.92 Å². The molecule has 0 fully saturated rings. The molecule has 0 radical (unpaired) electrons. The third-order valence-corrected chi connectivity index (χ3v) is 3.50. The summed E-state index contributed by atoms with van der Waals surface area (Å²) in [6.45, 7) is 6.54. The van der Waals surface area contributed by atoms with Gasteiger partial charge in [-0.25, -0.2) is 14.8 Å². The molecule has 0 saturated carbocycles. The molecule has 1 aromatic heterocycles. The molecule has 0 amide bonds. The molecule has 0 spiro atoms. The maximum absolute atomic E-state index is 11.7. The van der Waals surface area contributed by atoms with E-state index in [9.17, 15) is 9.90 Å². The Balaban J connectivity index is 0.00000288. The summed E-state index contributed by atoms with van der Waals surface area (Å²) in [4.78, 5) is 20.6. The van der Waals surface area contributed by atoms with Gasteiger partial charge in [0, 0.05) is 17.1 Å². The van der Waals surface area contributed by atoms with Crippen molar-refractivity contribution in [1.29, 1.82) is 0 Å². The highest BCUT2D eigenvalue weighted by molar-refractivity contribution is 6.30. The van der Waals surface area contributed by atoms with E-state index in [1.54, 1.807) is 12.1 Å². The number of rotatable bonds is 6. The van der Waals surface area contributed by atoms with Crippen LogP contribution in [-0.2, 0) is 6.42 Å². The molecule has 2 aromatic rings. The number of nitrogens with zero attached hydrogens (tertiary/aromatic N) is 2. The molecule has 0 saturated heterocycles. The Labute approximate surface area is 152 Å². The zero-order valence-electron chi connectivity index (χ0n) is 13.8. The van der Waals surface area contributed by atoms with E-state index in [0.717, 1.165) is 5.56 Å². The number of hydrogen-bond donors (Lipinski definition) is 2. The summed E-state index contributed by atoms with van der Waals surface area (Å²) in [6.07, 6.45) is 0.573. The molecule has 0 atom stereocenters. The Kier molecular flexibility index (Phi) is 7.45. The number of hydrogen-bond acceptors (Lipinski definition) is 4. The van der Waals surface area contributed by atoms with Gasteiger partial charge in [-0.3, -0.25) is 0 Å². The third kappa shape index (κ3) is 4.82. The van der Waals surface area contributed by atoms with Crippen molar-refractivity contribution >= 4 is 35.8 Å². The fourth-order valence-corrected chi connectivity index (χ4v) is 2.42. The van der Waals surface area contributed by atoms with Crippen LogP contribution in [0.2, 0.25) is 5.02 Å². The van der Waals surface area contributed by atoms with Crippen LogP contribution in [-0.4, -0.2) is 27.6 Å². The van der Waals surface area contributed by atoms with E-state index >= 15 is 0 Å². The fraction of sp³-hybridized carbons (Fsp3) is 0.353. The summed E-state index contributed by atoms with van der Waals surface area (Å²) >= 11 is 5.92. The number of halogens is 2. The van der Waals surface area contributed by atoms with Gasteiger partial charge in [0.05, 0.1) is 5.69 Å². The average molecular weight is 370 g/mol. The molecule has 0 aliphatic carbocycles. The number of carbonyl (C=O) groups is 1. The van der Waals surface area contributed by atoms with Crippen LogP contribution in [0.15, 0.2) is 24.3 Å². The normalized spacial score (nSPS) is 10.4.